The van der Waals surface area contributed by atoms with Gasteiger partial charge in [0.25, 0.3) is 0 Å². The number of carbonyl (C=O) groups excluding carboxylic acids is 1. The van der Waals surface area contributed by atoms with Gasteiger partial charge in [0.1, 0.15) is 0 Å². The first kappa shape index (κ1) is 18.4. The van der Waals surface area contributed by atoms with Crippen LogP contribution in [0.4, 0.5) is 5.82 Å². The molecule has 0 atom stereocenters. The Morgan fingerprint density at radius 1 is 1.19 bits per heavy atom. The van der Waals surface area contributed by atoms with Gasteiger partial charge in [-0.2, -0.15) is 10.2 Å². The lowest BCUT2D eigenvalue weighted by Crippen LogP contribution is -2.36. The highest BCUT2D eigenvalue weighted by atomic mass is 16.4. The number of carboxylic acids is 1. The maximum atomic E-state index is 12.2. The zero-order valence-electron chi connectivity index (χ0n) is 15.2. The fourth-order valence-corrected chi connectivity index (χ4v) is 2.47. The summed E-state index contributed by atoms with van der Waals surface area (Å²) in [5.74, 6) is -0.867. The van der Waals surface area contributed by atoms with Crippen LogP contribution in [0.5, 0.6) is 0 Å². The molecule has 8 nitrogen and oxygen atoms in total. The molecule has 140 valence electrons. The van der Waals surface area contributed by atoms with E-state index in [9.17, 15) is 14.7 Å². The van der Waals surface area contributed by atoms with Crippen LogP contribution in [0.1, 0.15) is 25.8 Å². The fraction of sp³-hybridized carbons (Fsp3) is 0.263. The third-order valence-corrected chi connectivity index (χ3v) is 4.25. The molecule has 2 aromatic heterocycles. The maximum absolute atomic E-state index is 12.2. The molecule has 3 rings (SSSR count). The molecule has 2 N–H and O–H groups in total. The number of benzene rings is 1. The quantitative estimate of drug-likeness (QED) is 0.668. The van der Waals surface area contributed by atoms with Crippen molar-refractivity contribution in [2.24, 2.45) is 0 Å². The van der Waals surface area contributed by atoms with Gasteiger partial charge in [-0.1, -0.05) is 18.2 Å². The molecule has 0 unspecified atom stereocenters. The normalized spacial score (nSPS) is 11.3. The third kappa shape index (κ3) is 4.22. The summed E-state index contributed by atoms with van der Waals surface area (Å²) in [7, 11) is 0. The zero-order valence-corrected chi connectivity index (χ0v) is 15.2. The second-order valence-electron chi connectivity index (χ2n) is 6.69. The Hall–Kier alpha value is -3.42. The van der Waals surface area contributed by atoms with Gasteiger partial charge in [-0.15, -0.1) is 0 Å². The molecule has 1 amide bonds. The molecule has 27 heavy (non-hydrogen) atoms. The van der Waals surface area contributed by atoms with E-state index in [2.05, 4.69) is 15.5 Å². The number of rotatable bonds is 7. The molecule has 2 heterocycles. The van der Waals surface area contributed by atoms with Crippen molar-refractivity contribution in [1.29, 1.82) is 0 Å². The zero-order chi connectivity index (χ0) is 19.4. The van der Waals surface area contributed by atoms with E-state index in [1.807, 2.05) is 36.5 Å². The van der Waals surface area contributed by atoms with Gasteiger partial charge in [0.05, 0.1) is 11.9 Å². The summed E-state index contributed by atoms with van der Waals surface area (Å²) in [6.07, 6.45) is 5.99. The molecule has 0 aliphatic heterocycles. The number of amides is 1. The van der Waals surface area contributed by atoms with Crippen molar-refractivity contribution in [1.82, 2.24) is 19.6 Å². The molecular weight excluding hydrogens is 346 g/mol. The van der Waals surface area contributed by atoms with Gasteiger partial charge in [0, 0.05) is 24.9 Å². The molecule has 0 spiro atoms. The highest BCUT2D eigenvalue weighted by molar-refractivity contribution is 5.89. The van der Waals surface area contributed by atoms with Crippen molar-refractivity contribution in [3.8, 4) is 5.69 Å². The average molecular weight is 367 g/mol. The standard InChI is InChI=1S/C19H21N5O3/c1-19(2,18(26)27)24-11-10-16(22-24)21-17(25)9-8-14-12-20-23(13-14)15-6-4-3-5-7-15/h3-7,10-13H,8-9H2,1-2H3,(H,26,27)(H,21,22,25). The van der Waals surface area contributed by atoms with Crippen LogP contribution in [-0.4, -0.2) is 36.5 Å². The van der Waals surface area contributed by atoms with E-state index in [0.717, 1.165) is 11.3 Å². The monoisotopic (exact) mass is 367 g/mol. The van der Waals surface area contributed by atoms with Crippen molar-refractivity contribution >= 4 is 17.7 Å². The number of aryl methyl sites for hydroxylation is 1. The largest absolute Gasteiger partial charge is 0.479 e. The molecule has 3 aromatic rings. The van der Waals surface area contributed by atoms with Gasteiger partial charge < -0.3 is 10.4 Å². The van der Waals surface area contributed by atoms with Crippen LogP contribution in [0.3, 0.4) is 0 Å². The first-order valence-corrected chi connectivity index (χ1v) is 8.54. The molecule has 0 fully saturated rings. The van der Waals surface area contributed by atoms with E-state index >= 15 is 0 Å². The number of aliphatic carboxylic acids is 1. The van der Waals surface area contributed by atoms with E-state index in [-0.39, 0.29) is 12.3 Å². The highest BCUT2D eigenvalue weighted by Crippen LogP contribution is 2.16. The molecule has 0 saturated heterocycles. The van der Waals surface area contributed by atoms with Crippen LogP contribution in [-0.2, 0) is 21.5 Å². The summed E-state index contributed by atoms with van der Waals surface area (Å²) in [5.41, 5.74) is 0.723. The molecule has 0 aliphatic carbocycles. The third-order valence-electron chi connectivity index (χ3n) is 4.25. The van der Waals surface area contributed by atoms with Crippen molar-refractivity contribution in [3.05, 3.63) is 60.6 Å². The minimum Gasteiger partial charge on any atom is -0.479 e. The van der Waals surface area contributed by atoms with Crippen LogP contribution in [0.25, 0.3) is 5.69 Å². The number of aromatic nitrogens is 4. The van der Waals surface area contributed by atoms with Crippen LogP contribution in [0.2, 0.25) is 0 Å². The van der Waals surface area contributed by atoms with Crippen molar-refractivity contribution < 1.29 is 14.7 Å². The second kappa shape index (κ2) is 7.45. The number of nitrogens with one attached hydrogen (secondary N) is 1. The van der Waals surface area contributed by atoms with Gasteiger partial charge in [-0.25, -0.2) is 9.48 Å². The van der Waals surface area contributed by atoms with Crippen LogP contribution >= 0.6 is 0 Å². The van der Waals surface area contributed by atoms with Gasteiger partial charge in [0.2, 0.25) is 5.91 Å². The van der Waals surface area contributed by atoms with Gasteiger partial charge in [-0.05, 0) is 38.0 Å². The van der Waals surface area contributed by atoms with E-state index < -0.39 is 11.5 Å². The predicted octanol–water partition coefficient (Wildman–Crippen LogP) is 2.46. The summed E-state index contributed by atoms with van der Waals surface area (Å²) in [6, 6.07) is 11.3. The van der Waals surface area contributed by atoms with Crippen LogP contribution in [0, 0.1) is 0 Å². The summed E-state index contributed by atoms with van der Waals surface area (Å²) in [6.45, 7) is 3.08. The summed E-state index contributed by atoms with van der Waals surface area (Å²) >= 11 is 0. The second-order valence-corrected chi connectivity index (χ2v) is 6.69. The molecule has 0 bridgehead atoms. The maximum Gasteiger partial charge on any atom is 0.331 e. The number of hydrogen-bond donors (Lipinski definition) is 2. The highest BCUT2D eigenvalue weighted by Gasteiger charge is 2.30. The number of carboxylic acid groups (broad SMARTS) is 1. The van der Waals surface area contributed by atoms with Crippen LogP contribution < -0.4 is 5.32 Å². The van der Waals surface area contributed by atoms with E-state index in [0.29, 0.717) is 12.2 Å². The number of anilines is 1. The first-order valence-electron chi connectivity index (χ1n) is 8.54. The predicted molar refractivity (Wildman–Crippen MR) is 99.7 cm³/mol. The van der Waals surface area contributed by atoms with Gasteiger partial charge in [0.15, 0.2) is 11.4 Å². The van der Waals surface area contributed by atoms with E-state index in [1.165, 1.54) is 10.9 Å². The topological polar surface area (TPSA) is 102 Å². The number of hydrogen-bond acceptors (Lipinski definition) is 4. The minimum absolute atomic E-state index is 0.194. The van der Waals surface area contributed by atoms with Crippen molar-refractivity contribution in [3.63, 3.8) is 0 Å². The SMILES string of the molecule is CC(C)(C(=O)O)n1ccc(NC(=O)CCc2cnn(-c3ccccc3)c2)n1. The minimum atomic E-state index is -1.19. The Bertz CT molecular complexity index is 943. The first-order chi connectivity index (χ1) is 12.9. The van der Waals surface area contributed by atoms with Crippen LogP contribution in [0.15, 0.2) is 55.0 Å². The molecule has 0 saturated carbocycles. The molecule has 1 aromatic carbocycles. The Morgan fingerprint density at radius 2 is 1.93 bits per heavy atom. The number of carbonyl (C=O) groups is 2. The van der Waals surface area contributed by atoms with Gasteiger partial charge in [-0.3, -0.25) is 9.48 Å². The molecule has 8 heteroatoms. The molecule has 0 radical (unpaired) electrons. The number of nitrogens with zero attached hydrogens (tertiary/aromatic N) is 4. The van der Waals surface area contributed by atoms with Crippen molar-refractivity contribution in [2.45, 2.75) is 32.2 Å². The smallest absolute Gasteiger partial charge is 0.331 e. The van der Waals surface area contributed by atoms with Crippen molar-refractivity contribution in [2.75, 3.05) is 5.32 Å². The lowest BCUT2D eigenvalue weighted by atomic mass is 10.1. The number of para-hydroxylation sites is 1. The average Bonchev–Trinajstić information content (AvgIpc) is 3.30. The Labute approximate surface area is 156 Å². The molecular formula is C19H21N5O3. The Morgan fingerprint density at radius 3 is 2.63 bits per heavy atom. The van der Waals surface area contributed by atoms with E-state index in [1.54, 1.807) is 30.8 Å². The Kier molecular flexibility index (Phi) is 5.07. The lowest BCUT2D eigenvalue weighted by Gasteiger charge is -2.19. The Balaban J connectivity index is 1.56. The molecule has 0 aliphatic rings. The van der Waals surface area contributed by atoms with E-state index in [4.69, 9.17) is 0 Å². The lowest BCUT2D eigenvalue weighted by molar-refractivity contribution is -0.146. The summed E-state index contributed by atoms with van der Waals surface area (Å²) in [4.78, 5) is 23.4. The summed E-state index contributed by atoms with van der Waals surface area (Å²) < 4.78 is 3.08. The summed E-state index contributed by atoms with van der Waals surface area (Å²) in [5, 5.41) is 20.4. The fourth-order valence-electron chi connectivity index (χ4n) is 2.47. The van der Waals surface area contributed by atoms with Gasteiger partial charge >= 0.3 is 5.97 Å².